The fourth-order valence-corrected chi connectivity index (χ4v) is 2.75. The molecule has 2 N–H and O–H groups in total. The summed E-state index contributed by atoms with van der Waals surface area (Å²) in [5.41, 5.74) is 1.95. The molecule has 0 atom stereocenters. The predicted molar refractivity (Wildman–Crippen MR) is 131 cm³/mol. The van der Waals surface area contributed by atoms with Crippen LogP contribution in [-0.4, -0.2) is 40.9 Å². The smallest absolute Gasteiger partial charge is 0.191 e. The molecule has 0 saturated heterocycles. The molecule has 0 aliphatic heterocycles. The lowest BCUT2D eigenvalue weighted by Crippen LogP contribution is -2.36. The highest BCUT2D eigenvalue weighted by Crippen LogP contribution is 2.34. The van der Waals surface area contributed by atoms with Crippen molar-refractivity contribution in [2.24, 2.45) is 4.99 Å². The van der Waals surface area contributed by atoms with E-state index in [2.05, 4.69) is 22.2 Å². The number of guanidine groups is 1. The summed E-state index contributed by atoms with van der Waals surface area (Å²) in [4.78, 5) is 4.28. The molecule has 164 valence electrons. The van der Waals surface area contributed by atoms with E-state index in [4.69, 9.17) is 18.9 Å². The van der Waals surface area contributed by atoms with Crippen molar-refractivity contribution in [3.63, 3.8) is 0 Å². The van der Waals surface area contributed by atoms with Gasteiger partial charge in [-0.3, -0.25) is 4.99 Å². The van der Waals surface area contributed by atoms with E-state index in [1.807, 2.05) is 30.3 Å². The first-order chi connectivity index (χ1) is 14.2. The number of nitrogens with one attached hydrogen (secondary N) is 2. The van der Waals surface area contributed by atoms with Crippen molar-refractivity contribution in [3.8, 4) is 23.0 Å². The molecule has 8 heteroatoms. The van der Waals surface area contributed by atoms with Gasteiger partial charge in [0.05, 0.1) is 21.3 Å². The minimum Gasteiger partial charge on any atom is -0.496 e. The number of ether oxygens (including phenoxy) is 4. The van der Waals surface area contributed by atoms with Crippen LogP contribution in [-0.2, 0) is 13.1 Å². The van der Waals surface area contributed by atoms with E-state index in [-0.39, 0.29) is 24.0 Å². The zero-order chi connectivity index (χ0) is 21.1. The Kier molecular flexibility index (Phi) is 11.5. The average molecular weight is 527 g/mol. The van der Waals surface area contributed by atoms with E-state index in [1.165, 1.54) is 0 Å². The van der Waals surface area contributed by atoms with Crippen LogP contribution in [0.4, 0.5) is 0 Å². The Balaban J connectivity index is 0.00000450. The first-order valence-corrected chi connectivity index (χ1v) is 9.21. The Bertz CT molecular complexity index is 843. The van der Waals surface area contributed by atoms with Crippen molar-refractivity contribution in [2.45, 2.75) is 13.1 Å². The van der Waals surface area contributed by atoms with E-state index >= 15 is 0 Å². The third kappa shape index (κ3) is 7.01. The molecular weight excluding hydrogens is 497 g/mol. The fourth-order valence-electron chi connectivity index (χ4n) is 2.75. The molecule has 0 aromatic heterocycles. The van der Waals surface area contributed by atoms with Gasteiger partial charge in [-0.25, -0.2) is 0 Å². The lowest BCUT2D eigenvalue weighted by Gasteiger charge is -2.17. The van der Waals surface area contributed by atoms with Gasteiger partial charge in [0, 0.05) is 37.3 Å². The predicted octanol–water partition coefficient (Wildman–Crippen LogP) is 3.76. The normalized spacial score (nSPS) is 10.5. The van der Waals surface area contributed by atoms with Crippen molar-refractivity contribution in [2.75, 3.05) is 35.0 Å². The van der Waals surface area contributed by atoms with Crippen molar-refractivity contribution in [1.29, 1.82) is 0 Å². The van der Waals surface area contributed by atoms with E-state index < -0.39 is 0 Å². The van der Waals surface area contributed by atoms with Crippen LogP contribution in [0.5, 0.6) is 23.0 Å². The number of benzene rings is 2. The van der Waals surface area contributed by atoms with Gasteiger partial charge in [0.1, 0.15) is 18.1 Å². The number of rotatable bonds is 10. The summed E-state index contributed by atoms with van der Waals surface area (Å²) >= 11 is 0. The molecule has 0 aliphatic rings. The van der Waals surface area contributed by atoms with E-state index in [0.717, 1.165) is 16.9 Å². The van der Waals surface area contributed by atoms with Gasteiger partial charge in [0.25, 0.3) is 0 Å². The largest absolute Gasteiger partial charge is 0.496 e. The highest BCUT2D eigenvalue weighted by atomic mass is 127. The van der Waals surface area contributed by atoms with Crippen molar-refractivity contribution >= 4 is 29.9 Å². The van der Waals surface area contributed by atoms with Gasteiger partial charge in [0.2, 0.25) is 0 Å². The van der Waals surface area contributed by atoms with Crippen LogP contribution in [0.15, 0.2) is 54.0 Å². The Morgan fingerprint density at radius 2 is 1.50 bits per heavy atom. The molecule has 0 heterocycles. The highest BCUT2D eigenvalue weighted by Gasteiger charge is 2.12. The van der Waals surface area contributed by atoms with Crippen molar-refractivity contribution in [3.05, 3.63) is 60.2 Å². The number of methoxy groups -OCH3 is 3. The van der Waals surface area contributed by atoms with Crippen LogP contribution >= 0.6 is 24.0 Å². The molecule has 0 bridgehead atoms. The molecule has 0 saturated carbocycles. The second-order valence-electron chi connectivity index (χ2n) is 6.01. The molecule has 2 aromatic rings. The molecule has 0 amide bonds. The second kappa shape index (κ2) is 13.6. The minimum absolute atomic E-state index is 0. The third-order valence-corrected chi connectivity index (χ3v) is 4.23. The molecule has 0 spiro atoms. The summed E-state index contributed by atoms with van der Waals surface area (Å²) in [7, 11) is 6.55. The minimum atomic E-state index is 0. The summed E-state index contributed by atoms with van der Waals surface area (Å²) in [6, 6.07) is 11.6. The molecule has 0 aliphatic carbocycles. The number of hydrogen-bond donors (Lipinski definition) is 2. The molecule has 2 aromatic carbocycles. The first-order valence-electron chi connectivity index (χ1n) is 9.21. The lowest BCUT2D eigenvalue weighted by molar-refractivity contribution is 0.347. The van der Waals surface area contributed by atoms with E-state index in [9.17, 15) is 0 Å². The fraction of sp³-hybridized carbons (Fsp3) is 0.318. The van der Waals surface area contributed by atoms with Gasteiger partial charge >= 0.3 is 0 Å². The maximum atomic E-state index is 5.70. The van der Waals surface area contributed by atoms with E-state index in [1.54, 1.807) is 40.5 Å². The number of para-hydroxylation sites is 1. The zero-order valence-electron chi connectivity index (χ0n) is 17.9. The number of halogens is 1. The van der Waals surface area contributed by atoms with Crippen molar-refractivity contribution < 1.29 is 18.9 Å². The molecule has 0 unspecified atom stereocenters. The zero-order valence-corrected chi connectivity index (χ0v) is 20.2. The van der Waals surface area contributed by atoms with Crippen LogP contribution in [0.3, 0.4) is 0 Å². The molecule has 7 nitrogen and oxygen atoms in total. The summed E-state index contributed by atoms with van der Waals surface area (Å²) in [5.74, 6) is 3.43. The molecule has 2 rings (SSSR count). The molecular formula is C22H30IN3O4. The first kappa shape index (κ1) is 25.4. The summed E-state index contributed by atoms with van der Waals surface area (Å²) in [6.45, 7) is 5.21. The lowest BCUT2D eigenvalue weighted by atomic mass is 10.1. The van der Waals surface area contributed by atoms with Crippen LogP contribution < -0.4 is 29.6 Å². The number of nitrogens with zero attached hydrogens (tertiary/aromatic N) is 1. The Hall–Kier alpha value is -2.62. The quantitative estimate of drug-likeness (QED) is 0.212. The van der Waals surface area contributed by atoms with Gasteiger partial charge < -0.3 is 29.6 Å². The van der Waals surface area contributed by atoms with Crippen molar-refractivity contribution in [1.82, 2.24) is 10.6 Å². The summed E-state index contributed by atoms with van der Waals surface area (Å²) in [6.07, 6.45) is 1.72. The Morgan fingerprint density at radius 1 is 0.900 bits per heavy atom. The summed E-state index contributed by atoms with van der Waals surface area (Å²) < 4.78 is 21.9. The molecule has 30 heavy (non-hydrogen) atoms. The summed E-state index contributed by atoms with van der Waals surface area (Å²) in [5, 5.41) is 6.59. The number of hydrogen-bond acceptors (Lipinski definition) is 5. The van der Waals surface area contributed by atoms with Crippen LogP contribution in [0, 0.1) is 0 Å². The Morgan fingerprint density at radius 3 is 2.10 bits per heavy atom. The van der Waals surface area contributed by atoms with Crippen LogP contribution in [0.25, 0.3) is 0 Å². The molecule has 0 radical (unpaired) electrons. The van der Waals surface area contributed by atoms with Gasteiger partial charge in [0.15, 0.2) is 17.5 Å². The van der Waals surface area contributed by atoms with Crippen LogP contribution in [0.1, 0.15) is 11.1 Å². The maximum Gasteiger partial charge on any atom is 0.191 e. The monoisotopic (exact) mass is 527 g/mol. The SMILES string of the molecule is C=CCOc1ccccc1CNC(=NC)NCc1cc(OC)c(OC)cc1OC.I. The van der Waals surface area contributed by atoms with Crippen LogP contribution in [0.2, 0.25) is 0 Å². The van der Waals surface area contributed by atoms with Gasteiger partial charge in [-0.2, -0.15) is 0 Å². The average Bonchev–Trinajstić information content (AvgIpc) is 2.77. The van der Waals surface area contributed by atoms with Gasteiger partial charge in [-0.05, 0) is 12.1 Å². The topological polar surface area (TPSA) is 73.3 Å². The van der Waals surface area contributed by atoms with Gasteiger partial charge in [-0.15, -0.1) is 24.0 Å². The highest BCUT2D eigenvalue weighted by molar-refractivity contribution is 14.0. The Labute approximate surface area is 195 Å². The molecule has 0 fully saturated rings. The maximum absolute atomic E-state index is 5.70. The van der Waals surface area contributed by atoms with Gasteiger partial charge in [-0.1, -0.05) is 30.9 Å². The van der Waals surface area contributed by atoms with E-state index in [0.29, 0.717) is 42.9 Å². The third-order valence-electron chi connectivity index (χ3n) is 4.23. The number of aliphatic imine (C=N–C) groups is 1. The standard InChI is InChI=1S/C22H29N3O4.HI/c1-6-11-29-18-10-8-7-9-16(18)14-24-22(23-2)25-15-17-12-20(27-4)21(28-5)13-19(17)26-3;/h6-10,12-13H,1,11,14-15H2,2-5H3,(H2,23,24,25);1H. The second-order valence-corrected chi connectivity index (χ2v) is 6.01.